The number of furan rings is 1. The molecule has 0 fully saturated rings. The number of aromatic nitrogens is 5. The molecule has 0 N–H and O–H groups in total. The van der Waals surface area contributed by atoms with Gasteiger partial charge in [-0.3, -0.25) is 4.57 Å². The van der Waals surface area contributed by atoms with Crippen molar-refractivity contribution in [1.82, 2.24) is 24.1 Å². The molecule has 0 aliphatic heterocycles. The van der Waals surface area contributed by atoms with Crippen molar-refractivity contribution in [2.45, 2.75) is 0 Å². The molecular weight excluding hydrogens is 627 g/mol. The lowest BCUT2D eigenvalue weighted by molar-refractivity contribution is 0.666. The van der Waals surface area contributed by atoms with E-state index in [1.165, 1.54) is 0 Å². The third kappa shape index (κ3) is 4.14. The Morgan fingerprint density at radius 3 is 1.59 bits per heavy atom. The SMILES string of the molecule is [2H]c1c([2H])c([2H])c(-c2nc(-c3ccc4c(c3)oc3c(-n5c6ccccc6c6ccccc65)cccc34)nc(-n3c4ccccc4c4ccccc43)n2)c([2H])c1[2H]. The molecule has 0 aliphatic rings. The maximum atomic E-state index is 8.81. The summed E-state index contributed by atoms with van der Waals surface area (Å²) < 4.78 is 53.6. The second-order valence-corrected chi connectivity index (χ2v) is 12.5. The van der Waals surface area contributed by atoms with E-state index >= 15 is 0 Å². The summed E-state index contributed by atoms with van der Waals surface area (Å²) in [5.74, 6) is 0.457. The van der Waals surface area contributed by atoms with Gasteiger partial charge in [-0.1, -0.05) is 121 Å². The lowest BCUT2D eigenvalue weighted by Crippen LogP contribution is -2.06. The zero-order valence-corrected chi connectivity index (χ0v) is 26.8. The highest BCUT2D eigenvalue weighted by atomic mass is 16.3. The monoisotopic (exact) mass is 658 g/mol. The van der Waals surface area contributed by atoms with Crippen LogP contribution >= 0.6 is 0 Å². The highest BCUT2D eigenvalue weighted by Gasteiger charge is 2.20. The number of hydrogen-bond acceptors (Lipinski definition) is 4. The highest BCUT2D eigenvalue weighted by molar-refractivity contribution is 6.13. The molecule has 0 spiro atoms. The van der Waals surface area contributed by atoms with E-state index in [1.807, 2.05) is 89.5 Å². The van der Waals surface area contributed by atoms with Crippen molar-refractivity contribution in [1.29, 1.82) is 0 Å². The predicted molar refractivity (Wildman–Crippen MR) is 207 cm³/mol. The van der Waals surface area contributed by atoms with Gasteiger partial charge >= 0.3 is 0 Å². The fourth-order valence-corrected chi connectivity index (χ4v) is 7.49. The van der Waals surface area contributed by atoms with Gasteiger partial charge in [-0.2, -0.15) is 9.97 Å². The summed E-state index contributed by atoms with van der Waals surface area (Å²) in [6, 6.07) is 42.4. The quantitative estimate of drug-likeness (QED) is 0.189. The molecule has 4 aromatic heterocycles. The van der Waals surface area contributed by atoms with Crippen LogP contribution in [0.25, 0.3) is 100.0 Å². The number of para-hydroxylation sites is 5. The van der Waals surface area contributed by atoms with Crippen LogP contribution in [0.15, 0.2) is 168 Å². The summed E-state index contributed by atoms with van der Waals surface area (Å²) in [4.78, 5) is 14.7. The van der Waals surface area contributed by atoms with Crippen molar-refractivity contribution in [3.8, 4) is 34.4 Å². The largest absolute Gasteiger partial charge is 0.454 e. The molecule has 0 bridgehead atoms. The van der Waals surface area contributed by atoms with Gasteiger partial charge in [0.1, 0.15) is 5.58 Å². The molecule has 11 rings (SSSR count). The maximum Gasteiger partial charge on any atom is 0.238 e. The topological polar surface area (TPSA) is 61.7 Å². The minimum atomic E-state index is -0.490. The first-order valence-corrected chi connectivity index (χ1v) is 16.6. The highest BCUT2D eigenvalue weighted by Crippen LogP contribution is 2.39. The Morgan fingerprint density at radius 2 is 0.980 bits per heavy atom. The van der Waals surface area contributed by atoms with Crippen LogP contribution in [-0.4, -0.2) is 24.1 Å². The Labute approximate surface area is 298 Å². The van der Waals surface area contributed by atoms with Gasteiger partial charge in [-0.25, -0.2) is 4.98 Å². The molecule has 238 valence electrons. The van der Waals surface area contributed by atoms with Crippen molar-refractivity contribution in [3.05, 3.63) is 164 Å². The van der Waals surface area contributed by atoms with E-state index in [9.17, 15) is 0 Å². The molecule has 0 unspecified atom stereocenters. The smallest absolute Gasteiger partial charge is 0.238 e. The molecular formula is C45H27N5O. The van der Waals surface area contributed by atoms with Gasteiger partial charge < -0.3 is 8.98 Å². The molecule has 0 aliphatic carbocycles. The molecule has 11 aromatic rings. The van der Waals surface area contributed by atoms with Crippen LogP contribution in [0.1, 0.15) is 6.85 Å². The molecule has 6 nitrogen and oxygen atoms in total. The van der Waals surface area contributed by atoms with Gasteiger partial charge in [-0.15, -0.1) is 0 Å². The summed E-state index contributed by atoms with van der Waals surface area (Å²) in [6.45, 7) is 0. The third-order valence-corrected chi connectivity index (χ3v) is 9.68. The summed E-state index contributed by atoms with van der Waals surface area (Å²) in [6.07, 6.45) is 0. The number of benzene rings is 7. The Bertz CT molecular complexity index is 3320. The third-order valence-electron chi connectivity index (χ3n) is 9.68. The second kappa shape index (κ2) is 10.7. The van der Waals surface area contributed by atoms with Crippen LogP contribution in [0.2, 0.25) is 0 Å². The van der Waals surface area contributed by atoms with E-state index in [1.54, 1.807) is 0 Å². The molecule has 4 heterocycles. The Kier molecular flexibility index (Phi) is 4.91. The van der Waals surface area contributed by atoms with Crippen LogP contribution in [0.4, 0.5) is 0 Å². The lowest BCUT2D eigenvalue weighted by Gasteiger charge is -2.10. The van der Waals surface area contributed by atoms with Crippen LogP contribution in [0.5, 0.6) is 0 Å². The molecule has 6 heteroatoms. The summed E-state index contributed by atoms with van der Waals surface area (Å²) in [7, 11) is 0. The van der Waals surface area contributed by atoms with Crippen LogP contribution in [0.3, 0.4) is 0 Å². The van der Waals surface area contributed by atoms with E-state index in [4.69, 9.17) is 26.2 Å². The van der Waals surface area contributed by atoms with Gasteiger partial charge in [0.05, 0.1) is 34.6 Å². The van der Waals surface area contributed by atoms with E-state index in [2.05, 4.69) is 53.1 Å². The molecule has 0 saturated carbocycles. The van der Waals surface area contributed by atoms with Crippen molar-refractivity contribution in [2.75, 3.05) is 0 Å². The lowest BCUT2D eigenvalue weighted by atomic mass is 10.1. The van der Waals surface area contributed by atoms with Gasteiger partial charge in [0.15, 0.2) is 17.2 Å². The second-order valence-electron chi connectivity index (χ2n) is 12.5. The fraction of sp³-hybridized carbons (Fsp3) is 0. The fourth-order valence-electron chi connectivity index (χ4n) is 7.49. The normalized spacial score (nSPS) is 13.3. The summed E-state index contributed by atoms with van der Waals surface area (Å²) >= 11 is 0. The Morgan fingerprint density at radius 1 is 0.451 bits per heavy atom. The average molecular weight is 659 g/mol. The van der Waals surface area contributed by atoms with Crippen molar-refractivity contribution in [3.63, 3.8) is 0 Å². The van der Waals surface area contributed by atoms with E-state index < -0.39 is 30.2 Å². The van der Waals surface area contributed by atoms with E-state index in [0.29, 0.717) is 11.1 Å². The van der Waals surface area contributed by atoms with Crippen LogP contribution in [0, 0.1) is 0 Å². The minimum Gasteiger partial charge on any atom is -0.454 e. The van der Waals surface area contributed by atoms with Crippen molar-refractivity contribution < 1.29 is 11.3 Å². The molecule has 0 saturated heterocycles. The van der Waals surface area contributed by atoms with Crippen LogP contribution < -0.4 is 0 Å². The molecule has 7 aromatic carbocycles. The molecule has 0 amide bonds. The van der Waals surface area contributed by atoms with Crippen molar-refractivity contribution in [2.24, 2.45) is 0 Å². The van der Waals surface area contributed by atoms with Crippen LogP contribution in [-0.2, 0) is 0 Å². The molecule has 0 radical (unpaired) electrons. The Balaban J connectivity index is 1.16. The van der Waals surface area contributed by atoms with Gasteiger partial charge in [0.2, 0.25) is 5.95 Å². The first-order chi connectivity index (χ1) is 27.4. The van der Waals surface area contributed by atoms with Gasteiger partial charge in [0.25, 0.3) is 0 Å². The van der Waals surface area contributed by atoms with E-state index in [0.717, 1.165) is 65.7 Å². The van der Waals surface area contributed by atoms with E-state index in [-0.39, 0.29) is 23.2 Å². The van der Waals surface area contributed by atoms with Crippen molar-refractivity contribution >= 4 is 65.6 Å². The minimum absolute atomic E-state index is 0.0396. The summed E-state index contributed by atoms with van der Waals surface area (Å²) in [5, 5.41) is 6.17. The average Bonchev–Trinajstić information content (AvgIpc) is 3.90. The number of hydrogen-bond donors (Lipinski definition) is 0. The van der Waals surface area contributed by atoms with Gasteiger partial charge in [-0.05, 0) is 42.5 Å². The number of fused-ring (bicyclic) bond motifs is 9. The standard InChI is InChI=1S/C45H27N5O/c1-2-13-28(14-3-1)43-46-44(48-45(47-43)50-38-22-10-6-17-32(38)33-18-7-11-23-39(33)50)29-25-26-34-35-19-12-24-40(42(35)51-41(34)27-29)49-36-20-8-4-15-30(36)31-16-5-9-21-37(31)49/h1-27H/i1D,2D,3D,13D,14D. The summed E-state index contributed by atoms with van der Waals surface area (Å²) in [5.41, 5.74) is 6.61. The molecule has 51 heavy (non-hydrogen) atoms. The molecule has 0 atom stereocenters. The Hall–Kier alpha value is -7.05. The first kappa shape index (κ1) is 23.3. The zero-order chi connectivity index (χ0) is 37.8. The predicted octanol–water partition coefficient (Wildman–Crippen LogP) is 11.3. The maximum absolute atomic E-state index is 8.81. The number of nitrogens with zero attached hydrogens (tertiary/aromatic N) is 5. The van der Waals surface area contributed by atoms with Gasteiger partial charge in [0, 0.05) is 43.4 Å². The number of rotatable bonds is 4. The first-order valence-electron chi connectivity index (χ1n) is 19.1. The zero-order valence-electron chi connectivity index (χ0n) is 31.8.